The quantitative estimate of drug-likeness (QED) is 0.131. The zero-order chi connectivity index (χ0) is 28.4. The Morgan fingerprint density at radius 2 is 1.85 bits per heavy atom. The van der Waals surface area contributed by atoms with Crippen LogP contribution in [0.2, 0.25) is 0 Å². The summed E-state index contributed by atoms with van der Waals surface area (Å²) in [6.45, 7) is 8.51. The van der Waals surface area contributed by atoms with E-state index in [0.717, 1.165) is 11.3 Å². The number of carbonyl (C=O) groups is 2. The molecule has 1 aliphatic rings. The van der Waals surface area contributed by atoms with Gasteiger partial charge in [-0.15, -0.1) is 0 Å². The number of allylic oxidation sites excluding steroid dienone is 1. The number of benzene rings is 2. The van der Waals surface area contributed by atoms with Gasteiger partial charge in [-0.05, 0) is 67.3 Å². The Hall–Kier alpha value is -4.25. The van der Waals surface area contributed by atoms with Gasteiger partial charge in [0.1, 0.15) is 12.4 Å². The maximum Gasteiger partial charge on any atom is 0.337 e. The summed E-state index contributed by atoms with van der Waals surface area (Å²) < 4.78 is 22.1. The number of hydrogen-bond acceptors (Lipinski definition) is 9. The van der Waals surface area contributed by atoms with Crippen LogP contribution in [-0.4, -0.2) is 56.5 Å². The van der Waals surface area contributed by atoms with E-state index >= 15 is 0 Å². The van der Waals surface area contributed by atoms with E-state index in [-0.39, 0.29) is 12.2 Å². The number of carbonyl (C=O) groups excluding carboxylic acids is 2. The van der Waals surface area contributed by atoms with Crippen molar-refractivity contribution in [3.8, 4) is 17.2 Å². The molecule has 0 aliphatic carbocycles. The fourth-order valence-electron chi connectivity index (χ4n) is 3.73. The van der Waals surface area contributed by atoms with Gasteiger partial charge in [-0.3, -0.25) is 5.43 Å². The van der Waals surface area contributed by atoms with Gasteiger partial charge in [-0.25, -0.2) is 9.59 Å². The first-order chi connectivity index (χ1) is 18.7. The van der Waals surface area contributed by atoms with Crippen molar-refractivity contribution in [3.63, 3.8) is 0 Å². The maximum absolute atomic E-state index is 12.4. The monoisotopic (exact) mass is 540 g/mol. The number of methoxy groups -OCH3 is 1. The molecule has 0 saturated heterocycles. The number of esters is 1. The Balaban J connectivity index is 1.62. The highest BCUT2D eigenvalue weighted by atomic mass is 16.5. The summed E-state index contributed by atoms with van der Waals surface area (Å²) in [6.07, 6.45) is 0.488. The van der Waals surface area contributed by atoms with E-state index in [1.165, 1.54) is 7.11 Å². The van der Waals surface area contributed by atoms with E-state index in [0.29, 0.717) is 41.9 Å². The third kappa shape index (κ3) is 8.37. The number of ether oxygens (including phenoxy) is 4. The van der Waals surface area contributed by atoms with Crippen molar-refractivity contribution in [2.45, 2.75) is 40.0 Å². The molecule has 11 heteroatoms. The number of urea groups is 1. The summed E-state index contributed by atoms with van der Waals surface area (Å²) in [6, 6.07) is 11.3. The van der Waals surface area contributed by atoms with E-state index in [4.69, 9.17) is 18.9 Å². The topological polar surface area (TPSA) is 140 Å². The van der Waals surface area contributed by atoms with Gasteiger partial charge >= 0.3 is 12.0 Å². The van der Waals surface area contributed by atoms with Gasteiger partial charge in [0.2, 0.25) is 0 Å². The molecule has 1 aliphatic heterocycles. The molecule has 0 radical (unpaired) electrons. The lowest BCUT2D eigenvalue weighted by Gasteiger charge is -2.28. The highest BCUT2D eigenvalue weighted by Gasteiger charge is 2.32. The molecule has 2 aromatic carbocycles. The van der Waals surface area contributed by atoms with E-state index in [2.05, 4.69) is 35.0 Å². The van der Waals surface area contributed by atoms with Crippen LogP contribution in [0.15, 0.2) is 58.8 Å². The molecule has 0 bridgehead atoms. The molecule has 0 aromatic heterocycles. The normalized spacial score (nSPS) is 16.0. The number of hydrazone groups is 1. The van der Waals surface area contributed by atoms with Crippen molar-refractivity contribution in [1.82, 2.24) is 16.1 Å². The van der Waals surface area contributed by atoms with E-state index < -0.39 is 24.3 Å². The number of aliphatic hydroxyl groups excluding tert-OH is 1. The number of hydrogen-bond donors (Lipinski definition) is 4. The molecule has 2 aromatic rings. The molecule has 11 nitrogen and oxygen atoms in total. The van der Waals surface area contributed by atoms with Crippen LogP contribution in [0.5, 0.6) is 17.2 Å². The Morgan fingerprint density at radius 1 is 1.10 bits per heavy atom. The Labute approximate surface area is 228 Å². The van der Waals surface area contributed by atoms with Gasteiger partial charge in [-0.1, -0.05) is 19.9 Å². The summed E-state index contributed by atoms with van der Waals surface area (Å²) in [7, 11) is 1.28. The average Bonchev–Trinajstić information content (AvgIpc) is 2.91. The van der Waals surface area contributed by atoms with Gasteiger partial charge in [0.15, 0.2) is 17.7 Å². The molecule has 1 heterocycles. The molecule has 3 rings (SSSR count). The fourth-order valence-corrected chi connectivity index (χ4v) is 3.73. The highest BCUT2D eigenvalue weighted by molar-refractivity contribution is 5.95. The second kappa shape index (κ2) is 14.1. The maximum atomic E-state index is 12.4. The van der Waals surface area contributed by atoms with E-state index in [1.807, 2.05) is 31.2 Å². The minimum Gasteiger partial charge on any atom is -0.493 e. The fraction of sp³-hybridized carbons (Fsp3) is 0.393. The second-order valence-electron chi connectivity index (χ2n) is 9.19. The minimum absolute atomic E-state index is 0.116. The van der Waals surface area contributed by atoms with E-state index in [1.54, 1.807) is 31.3 Å². The van der Waals surface area contributed by atoms with Crippen molar-refractivity contribution in [3.05, 3.63) is 64.9 Å². The van der Waals surface area contributed by atoms with Crippen LogP contribution in [0.1, 0.15) is 44.9 Å². The average molecular weight is 541 g/mol. The Kier molecular flexibility index (Phi) is 10.6. The number of rotatable bonds is 13. The second-order valence-corrected chi connectivity index (χ2v) is 9.19. The van der Waals surface area contributed by atoms with Crippen LogP contribution in [-0.2, 0) is 9.53 Å². The minimum atomic E-state index is -1.09. The summed E-state index contributed by atoms with van der Waals surface area (Å²) >= 11 is 0. The third-order valence-corrected chi connectivity index (χ3v) is 5.57. The van der Waals surface area contributed by atoms with Crippen LogP contribution in [0.25, 0.3) is 0 Å². The Bertz CT molecular complexity index is 1190. The lowest BCUT2D eigenvalue weighted by molar-refractivity contribution is -0.136. The van der Waals surface area contributed by atoms with Crippen LogP contribution in [0.4, 0.5) is 4.79 Å². The first kappa shape index (κ1) is 29.3. The predicted molar refractivity (Wildman–Crippen MR) is 146 cm³/mol. The van der Waals surface area contributed by atoms with Gasteiger partial charge in [0.25, 0.3) is 0 Å². The SMILES string of the molecule is CCOc1cc([C@@H]2NC(=O)NC(C)=C2C(=O)OC)ccc1OC[C@H](O)N/N=C\c1ccc(OCC(C)C)cc1. The molecule has 4 N–H and O–H groups in total. The summed E-state index contributed by atoms with van der Waals surface area (Å²) in [5.41, 5.74) is 4.74. The number of aliphatic hydroxyl groups is 1. The largest absolute Gasteiger partial charge is 0.493 e. The summed E-state index contributed by atoms with van der Waals surface area (Å²) in [5, 5.41) is 19.7. The standard InChI is InChI=1S/C28H36N4O7/c1-6-37-23-13-20(26-25(27(34)36-5)18(4)30-28(35)31-26)9-12-22(23)39-16-24(33)32-29-14-19-7-10-21(11-8-19)38-15-17(2)3/h7-14,17,24,26,32-33H,6,15-16H2,1-5H3,(H2,30,31,35)/b29-14-/t24-,26-/m0/s1. The van der Waals surface area contributed by atoms with Crippen molar-refractivity contribution in [2.75, 3.05) is 26.9 Å². The van der Waals surface area contributed by atoms with Gasteiger partial charge < -0.3 is 34.7 Å². The zero-order valence-corrected chi connectivity index (χ0v) is 22.8. The van der Waals surface area contributed by atoms with Crippen LogP contribution in [0, 0.1) is 5.92 Å². The van der Waals surface area contributed by atoms with Crippen molar-refractivity contribution in [2.24, 2.45) is 11.0 Å². The molecule has 0 fully saturated rings. The smallest absolute Gasteiger partial charge is 0.337 e. The molecule has 2 atom stereocenters. The molecule has 210 valence electrons. The first-order valence-electron chi connectivity index (χ1n) is 12.7. The first-order valence-corrected chi connectivity index (χ1v) is 12.7. The van der Waals surface area contributed by atoms with Crippen LogP contribution < -0.4 is 30.3 Å². The zero-order valence-electron chi connectivity index (χ0n) is 22.8. The van der Waals surface area contributed by atoms with Gasteiger partial charge in [0, 0.05) is 5.70 Å². The molecule has 2 amide bonds. The number of amides is 2. The number of nitrogens with zero attached hydrogens (tertiary/aromatic N) is 1. The Morgan fingerprint density at radius 3 is 2.51 bits per heavy atom. The predicted octanol–water partition coefficient (Wildman–Crippen LogP) is 3.24. The lowest BCUT2D eigenvalue weighted by Crippen LogP contribution is -2.45. The molecular weight excluding hydrogens is 504 g/mol. The highest BCUT2D eigenvalue weighted by Crippen LogP contribution is 2.34. The molecule has 0 saturated carbocycles. The summed E-state index contributed by atoms with van der Waals surface area (Å²) in [4.78, 5) is 24.5. The van der Waals surface area contributed by atoms with Crippen molar-refractivity contribution < 1.29 is 33.6 Å². The van der Waals surface area contributed by atoms with Gasteiger partial charge in [0.05, 0.1) is 38.2 Å². The van der Waals surface area contributed by atoms with Crippen LogP contribution >= 0.6 is 0 Å². The van der Waals surface area contributed by atoms with Gasteiger partial charge in [-0.2, -0.15) is 5.10 Å². The number of nitrogens with one attached hydrogen (secondary N) is 3. The molecule has 0 unspecified atom stereocenters. The molecular formula is C28H36N4O7. The van der Waals surface area contributed by atoms with E-state index in [9.17, 15) is 14.7 Å². The van der Waals surface area contributed by atoms with Crippen molar-refractivity contribution >= 4 is 18.2 Å². The molecule has 39 heavy (non-hydrogen) atoms. The third-order valence-electron chi connectivity index (χ3n) is 5.57. The van der Waals surface area contributed by atoms with Crippen LogP contribution in [0.3, 0.4) is 0 Å². The van der Waals surface area contributed by atoms with Crippen molar-refractivity contribution in [1.29, 1.82) is 0 Å². The lowest BCUT2D eigenvalue weighted by atomic mass is 9.95. The molecule has 0 spiro atoms. The summed E-state index contributed by atoms with van der Waals surface area (Å²) in [5.74, 6) is 1.44.